The first-order chi connectivity index (χ1) is 21.8. The number of carbonyl (C=O) groups excluding carboxylic acids is 1. The number of fused-ring (bicyclic) bond motifs is 2. The molecule has 1 aliphatic rings. The quantitative estimate of drug-likeness (QED) is 0.151. The molecule has 0 saturated heterocycles. The van der Waals surface area contributed by atoms with Crippen LogP contribution >= 0.6 is 43.2 Å². The third-order valence-corrected chi connectivity index (χ3v) is 9.76. The average molecular weight is 750 g/mol. The van der Waals surface area contributed by atoms with Crippen LogP contribution in [0, 0.1) is 0 Å². The highest BCUT2D eigenvalue weighted by molar-refractivity contribution is 9.10. The number of aromatic nitrogens is 2. The second-order valence-electron chi connectivity index (χ2n) is 10.7. The fourth-order valence-corrected chi connectivity index (χ4v) is 7.44. The monoisotopic (exact) mass is 747 g/mol. The standard InChI is InChI=1S/C35H31Br2N3O4S/c1-4-8-27-31(34(42)44-5-2)32(26-18-24(37)15-16-29(26)43-3)40-33(41)30(45-35(40)38-27)17-22-20-39(28-10-7-6-9-25(22)28)19-21-11-13-23(36)14-12-21/h6-7,9-18,20,32H,4-5,8,19H2,1-3H3/b30-17+/t32-/m1/s1. The predicted molar refractivity (Wildman–Crippen MR) is 186 cm³/mol. The Morgan fingerprint density at radius 3 is 2.53 bits per heavy atom. The van der Waals surface area contributed by atoms with Gasteiger partial charge in [0.15, 0.2) is 4.80 Å². The fourth-order valence-electron chi connectivity index (χ4n) is 5.78. The molecule has 230 valence electrons. The summed E-state index contributed by atoms with van der Waals surface area (Å²) in [7, 11) is 1.58. The van der Waals surface area contributed by atoms with Gasteiger partial charge in [0, 0.05) is 43.7 Å². The summed E-state index contributed by atoms with van der Waals surface area (Å²) in [5, 5.41) is 1.05. The van der Waals surface area contributed by atoms with Gasteiger partial charge in [0.05, 0.1) is 29.5 Å². The third-order valence-electron chi connectivity index (χ3n) is 7.75. The highest BCUT2D eigenvalue weighted by Gasteiger charge is 2.36. The van der Waals surface area contributed by atoms with Crippen LogP contribution in [0.4, 0.5) is 0 Å². The maximum Gasteiger partial charge on any atom is 0.338 e. The van der Waals surface area contributed by atoms with Gasteiger partial charge >= 0.3 is 5.97 Å². The molecule has 5 aromatic rings. The number of esters is 1. The van der Waals surface area contributed by atoms with Gasteiger partial charge in [0.1, 0.15) is 11.8 Å². The Kier molecular flexibility index (Phi) is 9.26. The lowest BCUT2D eigenvalue weighted by atomic mass is 9.93. The first-order valence-electron chi connectivity index (χ1n) is 14.7. The van der Waals surface area contributed by atoms with Gasteiger partial charge in [0.25, 0.3) is 5.56 Å². The maximum absolute atomic E-state index is 14.4. The van der Waals surface area contributed by atoms with E-state index < -0.39 is 12.0 Å². The lowest BCUT2D eigenvalue weighted by Gasteiger charge is -2.27. The number of allylic oxidation sites excluding steroid dienone is 1. The molecule has 7 nitrogen and oxygen atoms in total. The predicted octanol–water partition coefficient (Wildman–Crippen LogP) is 7.12. The van der Waals surface area contributed by atoms with Crippen molar-refractivity contribution in [1.82, 2.24) is 9.13 Å². The van der Waals surface area contributed by atoms with Crippen LogP contribution in [0.2, 0.25) is 0 Å². The largest absolute Gasteiger partial charge is 0.496 e. The van der Waals surface area contributed by atoms with Crippen LogP contribution < -0.4 is 19.6 Å². The van der Waals surface area contributed by atoms with Gasteiger partial charge in [-0.25, -0.2) is 9.79 Å². The van der Waals surface area contributed by atoms with Gasteiger partial charge in [-0.05, 0) is 61.4 Å². The molecule has 0 aliphatic carbocycles. The molecule has 1 aliphatic heterocycles. The molecule has 0 saturated carbocycles. The molecule has 0 radical (unpaired) electrons. The second kappa shape index (κ2) is 13.3. The molecule has 0 spiro atoms. The van der Waals surface area contributed by atoms with Crippen LogP contribution in [-0.2, 0) is 16.1 Å². The molecule has 3 aromatic carbocycles. The minimum absolute atomic E-state index is 0.207. The molecule has 0 fully saturated rings. The summed E-state index contributed by atoms with van der Waals surface area (Å²) in [5.74, 6) is 0.0790. The minimum Gasteiger partial charge on any atom is -0.496 e. The number of halogens is 2. The zero-order valence-electron chi connectivity index (χ0n) is 25.1. The van der Waals surface area contributed by atoms with E-state index in [4.69, 9.17) is 14.5 Å². The highest BCUT2D eigenvalue weighted by atomic mass is 79.9. The molecule has 6 rings (SSSR count). The number of ether oxygens (including phenoxy) is 2. The number of carbonyl (C=O) groups is 1. The first-order valence-corrected chi connectivity index (χ1v) is 17.1. The molecule has 2 aromatic heterocycles. The normalized spacial score (nSPS) is 14.9. The van der Waals surface area contributed by atoms with Crippen LogP contribution in [0.15, 0.2) is 103 Å². The summed E-state index contributed by atoms with van der Waals surface area (Å²) >= 11 is 8.42. The molecular weight excluding hydrogens is 718 g/mol. The number of hydrogen-bond donors (Lipinski definition) is 0. The number of hydrogen-bond acceptors (Lipinski definition) is 6. The molecule has 45 heavy (non-hydrogen) atoms. The van der Waals surface area contributed by atoms with Crippen molar-refractivity contribution in [3.63, 3.8) is 0 Å². The van der Waals surface area contributed by atoms with E-state index in [1.807, 2.05) is 55.5 Å². The summed E-state index contributed by atoms with van der Waals surface area (Å²) in [6, 6.07) is 21.3. The molecule has 0 unspecified atom stereocenters. The molecule has 0 N–H and O–H groups in total. The van der Waals surface area contributed by atoms with Crippen molar-refractivity contribution in [3.8, 4) is 5.75 Å². The zero-order chi connectivity index (χ0) is 31.7. The van der Waals surface area contributed by atoms with Crippen molar-refractivity contribution < 1.29 is 14.3 Å². The van der Waals surface area contributed by atoms with E-state index >= 15 is 0 Å². The smallest absolute Gasteiger partial charge is 0.338 e. The maximum atomic E-state index is 14.4. The lowest BCUT2D eigenvalue weighted by molar-refractivity contribution is -0.139. The number of rotatable bonds is 9. The van der Waals surface area contributed by atoms with Crippen LogP contribution in [0.3, 0.4) is 0 Å². The molecule has 3 heterocycles. The van der Waals surface area contributed by atoms with Gasteiger partial charge < -0.3 is 14.0 Å². The number of thiazole rings is 1. The summed E-state index contributed by atoms with van der Waals surface area (Å²) in [6.45, 7) is 4.71. The van der Waals surface area contributed by atoms with Crippen molar-refractivity contribution in [2.45, 2.75) is 39.3 Å². The van der Waals surface area contributed by atoms with Gasteiger partial charge in [-0.1, -0.05) is 86.9 Å². The van der Waals surface area contributed by atoms with E-state index in [9.17, 15) is 9.59 Å². The summed E-state index contributed by atoms with van der Waals surface area (Å²) in [6.07, 6.45) is 5.37. The zero-order valence-corrected chi connectivity index (χ0v) is 29.0. The molecule has 0 amide bonds. The fraction of sp³-hybridized carbons (Fsp3) is 0.229. The summed E-state index contributed by atoms with van der Waals surface area (Å²) < 4.78 is 17.5. The Hall–Kier alpha value is -3.73. The van der Waals surface area contributed by atoms with Gasteiger partial charge in [-0.2, -0.15) is 0 Å². The Morgan fingerprint density at radius 2 is 1.80 bits per heavy atom. The van der Waals surface area contributed by atoms with Gasteiger partial charge in [-0.3, -0.25) is 9.36 Å². The Morgan fingerprint density at radius 1 is 1.04 bits per heavy atom. The van der Waals surface area contributed by atoms with Crippen LogP contribution in [0.25, 0.3) is 17.0 Å². The highest BCUT2D eigenvalue weighted by Crippen LogP contribution is 2.38. The Bertz CT molecular complexity index is 2130. The van der Waals surface area contributed by atoms with Crippen molar-refractivity contribution >= 4 is 66.1 Å². The molecule has 10 heteroatoms. The van der Waals surface area contributed by atoms with E-state index in [1.165, 1.54) is 16.9 Å². The molecule has 0 bridgehead atoms. The molecular formula is C35H31Br2N3O4S. The van der Waals surface area contributed by atoms with Crippen molar-refractivity contribution in [3.05, 3.63) is 130 Å². The summed E-state index contributed by atoms with van der Waals surface area (Å²) in [4.78, 5) is 33.4. The summed E-state index contributed by atoms with van der Waals surface area (Å²) in [5.41, 5.74) is 4.61. The van der Waals surface area contributed by atoms with Gasteiger partial charge in [-0.15, -0.1) is 0 Å². The number of para-hydroxylation sites is 1. The van der Waals surface area contributed by atoms with Crippen molar-refractivity contribution in [2.24, 2.45) is 4.99 Å². The van der Waals surface area contributed by atoms with Gasteiger partial charge in [0.2, 0.25) is 0 Å². The minimum atomic E-state index is -0.768. The Balaban J connectivity index is 1.56. The van der Waals surface area contributed by atoms with Crippen LogP contribution in [0.5, 0.6) is 5.75 Å². The lowest BCUT2D eigenvalue weighted by Crippen LogP contribution is -2.40. The van der Waals surface area contributed by atoms with E-state index in [0.29, 0.717) is 44.9 Å². The SMILES string of the molecule is CCCC1=C(C(=O)OCC)[C@@H](c2cc(Br)ccc2OC)n2c(s/c(=C/c3cn(Cc4ccc(Br)cc4)c4ccccc34)c2=O)=N1. The van der Waals surface area contributed by atoms with Crippen molar-refractivity contribution in [1.29, 1.82) is 0 Å². The van der Waals surface area contributed by atoms with E-state index in [-0.39, 0.29) is 12.2 Å². The first kappa shape index (κ1) is 31.3. The Labute approximate surface area is 281 Å². The average Bonchev–Trinajstić information content (AvgIpc) is 3.54. The molecule has 1 atom stereocenters. The van der Waals surface area contributed by atoms with Crippen LogP contribution in [0.1, 0.15) is 49.4 Å². The third kappa shape index (κ3) is 6.11. The van der Waals surface area contributed by atoms with E-state index in [0.717, 1.165) is 31.8 Å². The van der Waals surface area contributed by atoms with E-state index in [2.05, 4.69) is 66.9 Å². The number of nitrogens with zero attached hydrogens (tertiary/aromatic N) is 3. The van der Waals surface area contributed by atoms with Crippen molar-refractivity contribution in [2.75, 3.05) is 13.7 Å². The topological polar surface area (TPSA) is 74.8 Å². The second-order valence-corrected chi connectivity index (χ2v) is 13.5. The van der Waals surface area contributed by atoms with Crippen LogP contribution in [-0.4, -0.2) is 28.8 Å². The van der Waals surface area contributed by atoms with E-state index in [1.54, 1.807) is 18.6 Å². The number of methoxy groups -OCH3 is 1. The number of benzene rings is 3.